The van der Waals surface area contributed by atoms with E-state index in [2.05, 4.69) is 4.99 Å². The van der Waals surface area contributed by atoms with E-state index in [0.29, 0.717) is 4.80 Å². The van der Waals surface area contributed by atoms with E-state index in [0.717, 1.165) is 27.4 Å². The van der Waals surface area contributed by atoms with Crippen molar-refractivity contribution in [3.05, 3.63) is 63.7 Å². The van der Waals surface area contributed by atoms with Crippen molar-refractivity contribution >= 4 is 33.4 Å². The first-order valence-corrected chi connectivity index (χ1v) is 8.72. The van der Waals surface area contributed by atoms with E-state index in [4.69, 9.17) is 4.74 Å². The summed E-state index contributed by atoms with van der Waals surface area (Å²) >= 11 is 1.31. The highest BCUT2D eigenvalue weighted by Gasteiger charge is 2.14. The maximum Gasteiger partial charge on any atom is 0.325 e. The number of hydrogen-bond donors (Lipinski definition) is 0. The summed E-state index contributed by atoms with van der Waals surface area (Å²) in [6.07, 6.45) is 0. The third-order valence-corrected chi connectivity index (χ3v) is 4.92. The highest BCUT2D eigenvalue weighted by Crippen LogP contribution is 2.23. The SMILES string of the molecule is COC(=O)Cn1c(=NC(=O)c2cccc(F)c2)sc2cc(C)cc(C)c21. The lowest BCUT2D eigenvalue weighted by Crippen LogP contribution is -2.22. The topological polar surface area (TPSA) is 60.7 Å². The minimum atomic E-state index is -0.566. The molecule has 0 fully saturated rings. The molecule has 0 aliphatic carbocycles. The first-order valence-electron chi connectivity index (χ1n) is 7.91. The Morgan fingerprint density at radius 2 is 2.00 bits per heavy atom. The van der Waals surface area contributed by atoms with Gasteiger partial charge in [0.1, 0.15) is 12.4 Å². The van der Waals surface area contributed by atoms with Crippen LogP contribution in [0.25, 0.3) is 10.2 Å². The first kappa shape index (κ1) is 18.0. The average Bonchev–Trinajstić information content (AvgIpc) is 2.91. The third-order valence-electron chi connectivity index (χ3n) is 3.90. The van der Waals surface area contributed by atoms with Crippen molar-refractivity contribution < 1.29 is 18.7 Å². The van der Waals surface area contributed by atoms with Crippen molar-refractivity contribution in [2.24, 2.45) is 4.99 Å². The minimum absolute atomic E-state index is 0.0599. The van der Waals surface area contributed by atoms with Crippen LogP contribution in [0.4, 0.5) is 4.39 Å². The van der Waals surface area contributed by atoms with Crippen LogP contribution in [0.5, 0.6) is 0 Å². The summed E-state index contributed by atoms with van der Waals surface area (Å²) in [5, 5.41) is 0. The molecule has 0 N–H and O–H groups in total. The van der Waals surface area contributed by atoms with Gasteiger partial charge in [0.2, 0.25) is 0 Å². The quantitative estimate of drug-likeness (QED) is 0.662. The fourth-order valence-electron chi connectivity index (χ4n) is 2.79. The predicted molar refractivity (Wildman–Crippen MR) is 97.6 cm³/mol. The lowest BCUT2D eigenvalue weighted by molar-refractivity contribution is -0.141. The Balaban J connectivity index is 2.20. The largest absolute Gasteiger partial charge is 0.468 e. The van der Waals surface area contributed by atoms with E-state index >= 15 is 0 Å². The van der Waals surface area contributed by atoms with Gasteiger partial charge in [-0.15, -0.1) is 0 Å². The molecule has 0 aliphatic heterocycles. The maximum atomic E-state index is 13.4. The van der Waals surface area contributed by atoms with Crippen LogP contribution in [0.2, 0.25) is 0 Å². The highest BCUT2D eigenvalue weighted by molar-refractivity contribution is 7.16. The average molecular weight is 372 g/mol. The fraction of sp³-hybridized carbons (Fsp3) is 0.211. The Hall–Kier alpha value is -2.80. The van der Waals surface area contributed by atoms with E-state index in [1.807, 2.05) is 26.0 Å². The van der Waals surface area contributed by atoms with E-state index in [9.17, 15) is 14.0 Å². The van der Waals surface area contributed by atoms with E-state index in [1.165, 1.54) is 36.6 Å². The van der Waals surface area contributed by atoms with Crippen LogP contribution in [-0.2, 0) is 16.1 Å². The number of thiazole rings is 1. The van der Waals surface area contributed by atoms with Gasteiger partial charge in [0.15, 0.2) is 4.80 Å². The first-order chi connectivity index (χ1) is 12.4. The number of carbonyl (C=O) groups excluding carboxylic acids is 2. The summed E-state index contributed by atoms with van der Waals surface area (Å²) in [7, 11) is 1.31. The third kappa shape index (κ3) is 3.57. The van der Waals surface area contributed by atoms with Gasteiger partial charge in [-0.3, -0.25) is 9.59 Å². The van der Waals surface area contributed by atoms with Crippen LogP contribution in [-0.4, -0.2) is 23.6 Å². The van der Waals surface area contributed by atoms with Gasteiger partial charge in [0, 0.05) is 5.56 Å². The molecule has 0 atom stereocenters. The molecular weight excluding hydrogens is 355 g/mol. The zero-order chi connectivity index (χ0) is 18.8. The maximum absolute atomic E-state index is 13.4. The number of nitrogens with zero attached hydrogens (tertiary/aromatic N) is 2. The van der Waals surface area contributed by atoms with Gasteiger partial charge >= 0.3 is 5.97 Å². The summed E-state index contributed by atoms with van der Waals surface area (Å²) in [5.74, 6) is -1.51. The molecule has 134 valence electrons. The molecule has 0 saturated carbocycles. The van der Waals surface area contributed by atoms with Crippen molar-refractivity contribution in [3.63, 3.8) is 0 Å². The number of carbonyl (C=O) groups is 2. The number of hydrogen-bond acceptors (Lipinski definition) is 4. The number of amides is 1. The van der Waals surface area contributed by atoms with Gasteiger partial charge in [0.05, 0.1) is 17.3 Å². The number of ether oxygens (including phenoxy) is 1. The van der Waals surface area contributed by atoms with E-state index < -0.39 is 17.7 Å². The molecule has 0 bridgehead atoms. The molecule has 1 aromatic heterocycles. The Bertz CT molecular complexity index is 1080. The summed E-state index contributed by atoms with van der Waals surface area (Å²) < 4.78 is 20.7. The molecule has 1 amide bonds. The zero-order valence-electron chi connectivity index (χ0n) is 14.6. The van der Waals surface area contributed by atoms with Crippen LogP contribution in [0, 0.1) is 19.7 Å². The number of rotatable bonds is 3. The van der Waals surface area contributed by atoms with Crippen molar-refractivity contribution in [3.8, 4) is 0 Å². The van der Waals surface area contributed by atoms with Gasteiger partial charge in [-0.1, -0.05) is 23.5 Å². The zero-order valence-corrected chi connectivity index (χ0v) is 15.4. The Labute approximate surface area is 153 Å². The molecule has 26 heavy (non-hydrogen) atoms. The van der Waals surface area contributed by atoms with Crippen molar-refractivity contribution in [1.29, 1.82) is 0 Å². The van der Waals surface area contributed by atoms with Gasteiger partial charge in [-0.05, 0) is 49.2 Å². The normalized spacial score (nSPS) is 11.8. The molecule has 3 rings (SSSR count). The number of fused-ring (bicyclic) bond motifs is 1. The fourth-order valence-corrected chi connectivity index (χ4v) is 3.99. The summed E-state index contributed by atoms with van der Waals surface area (Å²) in [6.45, 7) is 3.86. The van der Waals surface area contributed by atoms with Gasteiger partial charge < -0.3 is 9.30 Å². The Morgan fingerprint density at radius 3 is 2.69 bits per heavy atom. The molecule has 5 nitrogen and oxygen atoms in total. The number of benzene rings is 2. The second kappa shape index (κ2) is 7.21. The van der Waals surface area contributed by atoms with Crippen LogP contribution in [0.1, 0.15) is 21.5 Å². The van der Waals surface area contributed by atoms with Crippen LogP contribution < -0.4 is 4.80 Å². The van der Waals surface area contributed by atoms with Crippen molar-refractivity contribution in [2.45, 2.75) is 20.4 Å². The molecule has 7 heteroatoms. The molecule has 3 aromatic rings. The summed E-state index contributed by atoms with van der Waals surface area (Å²) in [6, 6.07) is 9.34. The van der Waals surface area contributed by atoms with Crippen LogP contribution in [0.3, 0.4) is 0 Å². The molecule has 1 heterocycles. The Kier molecular flexibility index (Phi) is 4.99. The van der Waals surface area contributed by atoms with Crippen LogP contribution >= 0.6 is 11.3 Å². The summed E-state index contributed by atoms with van der Waals surface area (Å²) in [5.41, 5.74) is 3.03. The number of aromatic nitrogens is 1. The number of aryl methyl sites for hydroxylation is 2. The lowest BCUT2D eigenvalue weighted by atomic mass is 10.1. The predicted octanol–water partition coefficient (Wildman–Crippen LogP) is 3.37. The second-order valence-electron chi connectivity index (χ2n) is 5.90. The minimum Gasteiger partial charge on any atom is -0.468 e. The van der Waals surface area contributed by atoms with Crippen molar-refractivity contribution in [1.82, 2.24) is 4.57 Å². The molecule has 0 radical (unpaired) electrons. The van der Waals surface area contributed by atoms with Gasteiger partial charge in [-0.25, -0.2) is 4.39 Å². The Morgan fingerprint density at radius 1 is 1.23 bits per heavy atom. The molecule has 0 saturated heterocycles. The molecular formula is C19H17FN2O3S. The number of esters is 1. The van der Waals surface area contributed by atoms with Crippen molar-refractivity contribution in [2.75, 3.05) is 7.11 Å². The van der Waals surface area contributed by atoms with E-state index in [-0.39, 0.29) is 12.1 Å². The van der Waals surface area contributed by atoms with Crippen LogP contribution in [0.15, 0.2) is 41.4 Å². The second-order valence-corrected chi connectivity index (χ2v) is 6.91. The molecule has 0 aliphatic rings. The van der Waals surface area contributed by atoms with Gasteiger partial charge in [0.25, 0.3) is 5.91 Å². The monoisotopic (exact) mass is 372 g/mol. The van der Waals surface area contributed by atoms with E-state index in [1.54, 1.807) is 4.57 Å². The lowest BCUT2D eigenvalue weighted by Gasteiger charge is -2.06. The number of methoxy groups -OCH3 is 1. The smallest absolute Gasteiger partial charge is 0.325 e. The molecule has 2 aromatic carbocycles. The van der Waals surface area contributed by atoms with Gasteiger partial charge in [-0.2, -0.15) is 4.99 Å². The molecule has 0 unspecified atom stereocenters. The number of halogens is 1. The summed E-state index contributed by atoms with van der Waals surface area (Å²) in [4.78, 5) is 28.8. The highest BCUT2D eigenvalue weighted by atomic mass is 32.1. The standard InChI is InChI=1S/C19H17FN2O3S/c1-11-7-12(2)17-15(8-11)26-19(22(17)10-16(23)25-3)21-18(24)13-5-4-6-14(20)9-13/h4-9H,10H2,1-3H3. The molecule has 0 spiro atoms.